The normalized spacial score (nSPS) is 11.3. The van der Waals surface area contributed by atoms with E-state index in [1.807, 2.05) is 83.8 Å². The predicted molar refractivity (Wildman–Crippen MR) is 320 cm³/mol. The van der Waals surface area contributed by atoms with Crippen LogP contribution in [0.4, 0.5) is 17.6 Å². The third-order valence-electron chi connectivity index (χ3n) is 14.7. The van der Waals surface area contributed by atoms with Crippen LogP contribution in [-0.2, 0) is 0 Å². The minimum Gasteiger partial charge on any atom is -0.246 e. The van der Waals surface area contributed by atoms with Crippen LogP contribution in [-0.4, -0.2) is 29.9 Å². The van der Waals surface area contributed by atoms with Gasteiger partial charge in [0.25, 0.3) is 0 Å². The van der Waals surface area contributed by atoms with E-state index in [2.05, 4.69) is 193 Å². The summed E-state index contributed by atoms with van der Waals surface area (Å²) in [5.41, 5.74) is 19.6. The van der Waals surface area contributed by atoms with E-state index >= 15 is 0 Å². The van der Waals surface area contributed by atoms with E-state index in [0.29, 0.717) is 35.2 Å². The summed E-state index contributed by atoms with van der Waals surface area (Å²) in [7, 11) is 0. The molecule has 0 aliphatic carbocycles. The van der Waals surface area contributed by atoms with Crippen molar-refractivity contribution < 1.29 is 0 Å². The highest BCUT2D eigenvalue weighted by Gasteiger charge is 2.29. The van der Waals surface area contributed by atoms with Crippen molar-refractivity contribution in [3.63, 3.8) is 0 Å². The largest absolute Gasteiger partial charge is 0.246 e. The van der Waals surface area contributed by atoms with Gasteiger partial charge in [0.15, 0.2) is 23.3 Å². The fourth-order valence-electron chi connectivity index (χ4n) is 11.3. The highest BCUT2D eigenvalue weighted by molar-refractivity contribution is 5.95. The average Bonchev–Trinajstić information content (AvgIpc) is 3.62. The first-order valence-corrected chi connectivity index (χ1v) is 26.6. The summed E-state index contributed by atoms with van der Waals surface area (Å²) in [6.07, 6.45) is 0. The van der Waals surface area contributed by atoms with Crippen LogP contribution in [0.1, 0.15) is 56.0 Å². The number of aromatic nitrogens is 6. The summed E-state index contributed by atoms with van der Waals surface area (Å²) in [6, 6.07) is 80.3. The number of benzene rings is 10. The van der Waals surface area contributed by atoms with Gasteiger partial charge in [-0.25, -0.2) is 14.9 Å². The van der Waals surface area contributed by atoms with Gasteiger partial charge < -0.3 is 0 Å². The first-order chi connectivity index (χ1) is 38.1. The number of nitrogens with zero attached hydrogens (tertiary/aromatic N) is 7. The first kappa shape index (κ1) is 49.2. The highest BCUT2D eigenvalue weighted by atomic mass is 15.4. The van der Waals surface area contributed by atoms with Crippen LogP contribution in [0.3, 0.4) is 0 Å². The molecule has 7 nitrogen and oxygen atoms in total. The molecule has 0 unspecified atom stereocenters. The molecule has 0 N–H and O–H groups in total. The molecule has 0 atom stereocenters. The van der Waals surface area contributed by atoms with Crippen LogP contribution in [0.15, 0.2) is 231 Å². The van der Waals surface area contributed by atoms with Crippen LogP contribution in [0, 0.1) is 41.5 Å². The molecule has 0 fully saturated rings. The first-order valence-electron chi connectivity index (χ1n) is 26.6. The minimum atomic E-state index is -0.0468. The molecule has 0 spiro atoms. The molecule has 0 aliphatic heterocycles. The van der Waals surface area contributed by atoms with Crippen molar-refractivity contribution in [3.8, 4) is 67.8 Å². The molecule has 2 heterocycles. The maximum atomic E-state index is 5.56. The minimum absolute atomic E-state index is 0.0468. The lowest BCUT2D eigenvalue weighted by atomic mass is 9.77. The lowest BCUT2D eigenvalue weighted by Crippen LogP contribution is -2.19. The molecule has 0 saturated carbocycles. The molecule has 78 heavy (non-hydrogen) atoms. The molecular weight excluding hydrogens is 951 g/mol. The molecule has 2 aromatic heterocycles. The zero-order valence-electron chi connectivity index (χ0n) is 44.6. The highest BCUT2D eigenvalue weighted by Crippen LogP contribution is 2.43. The van der Waals surface area contributed by atoms with Crippen molar-refractivity contribution in [2.75, 3.05) is 4.90 Å². The molecule has 0 radical (unpaired) electrons. The number of hydrogen-bond acceptors (Lipinski definition) is 7. The number of aryl methyl sites for hydroxylation is 6. The molecule has 0 amide bonds. The van der Waals surface area contributed by atoms with Gasteiger partial charge in [0.1, 0.15) is 0 Å². The Balaban J connectivity index is 1.14. The summed E-state index contributed by atoms with van der Waals surface area (Å²) in [4.78, 5) is 34.5. The van der Waals surface area contributed by atoms with E-state index in [-0.39, 0.29) is 5.92 Å². The van der Waals surface area contributed by atoms with Gasteiger partial charge in [0.05, 0.1) is 5.69 Å². The van der Waals surface area contributed by atoms with Crippen LogP contribution < -0.4 is 4.90 Å². The molecule has 12 rings (SSSR count). The molecule has 12 aromatic rings. The Morgan fingerprint density at radius 3 is 1.12 bits per heavy atom. The van der Waals surface area contributed by atoms with Crippen molar-refractivity contribution in [1.82, 2.24) is 29.9 Å². The Kier molecular flexibility index (Phi) is 13.3. The van der Waals surface area contributed by atoms with E-state index < -0.39 is 0 Å². The Morgan fingerprint density at radius 2 is 0.654 bits per heavy atom. The van der Waals surface area contributed by atoms with E-state index in [4.69, 9.17) is 29.9 Å². The van der Waals surface area contributed by atoms with Crippen molar-refractivity contribution in [3.05, 3.63) is 281 Å². The molecule has 0 aliphatic rings. The van der Waals surface area contributed by atoms with Crippen molar-refractivity contribution in [2.24, 2.45) is 0 Å². The molecule has 376 valence electrons. The second-order valence-electron chi connectivity index (χ2n) is 20.3. The molecule has 10 aromatic carbocycles. The van der Waals surface area contributed by atoms with Crippen LogP contribution >= 0.6 is 0 Å². The van der Waals surface area contributed by atoms with Crippen LogP contribution in [0.2, 0.25) is 0 Å². The van der Waals surface area contributed by atoms with Crippen molar-refractivity contribution in [2.45, 2.75) is 47.5 Å². The van der Waals surface area contributed by atoms with E-state index in [1.165, 1.54) is 44.5 Å². The van der Waals surface area contributed by atoms with Gasteiger partial charge in [0.2, 0.25) is 11.9 Å². The Bertz CT molecular complexity index is 4040. The summed E-state index contributed by atoms with van der Waals surface area (Å²) in [5.74, 6) is 2.68. The summed E-state index contributed by atoms with van der Waals surface area (Å²) in [6.45, 7) is 13.3. The van der Waals surface area contributed by atoms with E-state index in [0.717, 1.165) is 66.5 Å². The van der Waals surface area contributed by atoms with Gasteiger partial charge in [-0.15, -0.1) is 0 Å². The maximum Gasteiger partial charge on any atom is 0.241 e. The van der Waals surface area contributed by atoms with Gasteiger partial charge in [-0.2, -0.15) is 19.9 Å². The maximum absolute atomic E-state index is 5.56. The van der Waals surface area contributed by atoms with Gasteiger partial charge in [0, 0.05) is 28.2 Å². The van der Waals surface area contributed by atoms with Crippen LogP contribution in [0.5, 0.6) is 0 Å². The van der Waals surface area contributed by atoms with Gasteiger partial charge in [-0.3, -0.25) is 0 Å². The monoisotopic (exact) mass is 1010 g/mol. The Labute approximate surface area is 456 Å². The topological polar surface area (TPSA) is 80.6 Å². The Morgan fingerprint density at radius 1 is 0.295 bits per heavy atom. The number of fused-ring (bicyclic) bond motifs is 1. The number of rotatable bonds is 12. The van der Waals surface area contributed by atoms with Gasteiger partial charge in [-0.1, -0.05) is 217 Å². The van der Waals surface area contributed by atoms with E-state index in [9.17, 15) is 0 Å². The smallest absolute Gasteiger partial charge is 0.241 e. The van der Waals surface area contributed by atoms with Gasteiger partial charge >= 0.3 is 0 Å². The fourth-order valence-corrected chi connectivity index (χ4v) is 11.3. The Hall–Kier alpha value is -9.72. The standard InChI is InChI=1S/C71H57N7/c1-45-39-47(3)63(48(4)40-45)65(64-49(5)41-46(2)42-50(64)6)53-35-37-58(38-36-53)78(70-74-66(54-27-15-9-16-28-54)72-68(76-70)60-34-22-21-33-59(60)51-23-11-7-12-24-51)71-75-67(55-29-17-10-18-30-55)73-69(77-71)62-44-57-32-20-19-31-56(57)43-61(62)52-25-13-8-14-26-52/h7-44,65H,1-6H3. The fraction of sp³-hybridized carbons (Fsp3) is 0.0986. The zero-order valence-corrected chi connectivity index (χ0v) is 44.6. The molecule has 0 bridgehead atoms. The van der Waals surface area contributed by atoms with E-state index in [1.54, 1.807) is 0 Å². The quantitative estimate of drug-likeness (QED) is 0.113. The lowest BCUT2D eigenvalue weighted by molar-refractivity contribution is 0.917. The second-order valence-corrected chi connectivity index (χ2v) is 20.3. The van der Waals surface area contributed by atoms with Gasteiger partial charge in [-0.05, 0) is 138 Å². The predicted octanol–water partition coefficient (Wildman–Crippen LogP) is 17.7. The molecular formula is C71H57N7. The summed E-state index contributed by atoms with van der Waals surface area (Å²) in [5, 5.41) is 2.19. The molecule has 0 saturated heterocycles. The zero-order chi connectivity index (χ0) is 53.3. The van der Waals surface area contributed by atoms with Crippen molar-refractivity contribution in [1.29, 1.82) is 0 Å². The third-order valence-corrected chi connectivity index (χ3v) is 14.7. The summed E-state index contributed by atoms with van der Waals surface area (Å²) >= 11 is 0. The number of hydrogen-bond donors (Lipinski definition) is 0. The van der Waals surface area contributed by atoms with Crippen LogP contribution in [0.25, 0.3) is 78.6 Å². The third kappa shape index (κ3) is 9.74. The summed E-state index contributed by atoms with van der Waals surface area (Å²) < 4.78 is 0. The average molecular weight is 1010 g/mol. The molecule has 7 heteroatoms. The SMILES string of the molecule is Cc1cc(C)c(C(c2ccc(N(c3nc(-c4ccccc4)nc(-c4ccccc4-c4ccccc4)n3)c3nc(-c4ccccc4)nc(-c4cc5ccccc5cc4-c4ccccc4)n3)cc2)c2c(C)cc(C)cc2C)c(C)c1. The second kappa shape index (κ2) is 21.1. The lowest BCUT2D eigenvalue weighted by Gasteiger charge is -2.28. The number of anilines is 3. The van der Waals surface area contributed by atoms with Crippen molar-refractivity contribution >= 4 is 28.4 Å².